The Morgan fingerprint density at radius 2 is 0.633 bits per heavy atom. The van der Waals surface area contributed by atoms with Crippen LogP contribution in [-0.2, 0) is 6.18 Å². The van der Waals surface area contributed by atoms with Gasteiger partial charge in [-0.3, -0.25) is 20.2 Å². The maximum absolute atomic E-state index is 12.7. The number of halogens is 26. The van der Waals surface area contributed by atoms with Crippen LogP contribution in [0.4, 0.5) is 126 Å². The van der Waals surface area contributed by atoms with Crippen molar-refractivity contribution < 1.29 is 124 Å². The summed E-state index contributed by atoms with van der Waals surface area (Å²) in [7, 11) is 0. The van der Waals surface area contributed by atoms with Gasteiger partial charge in [-0.25, -0.2) is 87.8 Å². The number of rotatable bonds is 2. The lowest BCUT2D eigenvalue weighted by Gasteiger charge is -2.11. The third-order valence-electron chi connectivity index (χ3n) is 9.51. The molecule has 0 bridgehead atoms. The monoisotopic (exact) mass is 1170 g/mol. The number of benzene rings is 6. The minimum atomic E-state index is -5.48. The van der Waals surface area contributed by atoms with Crippen molar-refractivity contribution in [3.63, 3.8) is 0 Å². The largest absolute Gasteiger partial charge is 0.422 e. The number of alkyl halides is 3. The van der Waals surface area contributed by atoms with E-state index in [0.29, 0.717) is 19.1 Å². The molecular weight excluding hydrogens is 1150 g/mol. The third-order valence-corrected chi connectivity index (χ3v) is 9.51. The Balaban J connectivity index is 0.000000475. The highest BCUT2D eigenvalue weighted by Crippen LogP contribution is 2.37. The molecule has 0 aliphatic heterocycles. The predicted molar refractivity (Wildman–Crippen MR) is 214 cm³/mol. The highest BCUT2D eigenvalue weighted by Gasteiger charge is 2.42. The van der Waals surface area contributed by atoms with Crippen LogP contribution in [0, 0.1) is 218 Å². The average molecular weight is 1170 g/mol. The molecule has 6 aromatic carbocycles. The predicted octanol–water partition coefficient (Wildman–Crippen LogP) is 15.7. The first-order chi connectivity index (χ1) is 36.0. The molecule has 0 spiro atoms. The number of hydrogen-bond donors (Lipinski definition) is 0. The number of hydrogen-bond acceptors (Lipinski definition) is 6. The van der Waals surface area contributed by atoms with E-state index in [9.17, 15) is 134 Å². The standard InChI is InChI=1S/C8H3F7.C8H3F4N.C8H4F3N.C7H3F5.C7H3F4NO2.C7H4F3NO2/c1-2-4(9)6(11)3(8(13,14)15)7(12)5(2)10;1-3-5(9)7(11)4(2-13)8(12)6(3)10;1-4-6(9)2-5(3-12)8(11)7(4)10;1-2-3(8)5(10)7(12)6(11)4(2)9;1-2-3(8)5(10)7(12(13)14)6(11)4(2)9;1-3-4(8)2-5(11(12)13)7(10)6(3)9/h1H3;1H3;2H,1H3;1H3;1H3;2H,1H3. The molecule has 0 aliphatic rings. The molecule has 0 aliphatic carbocycles. The topological polar surface area (TPSA) is 134 Å². The van der Waals surface area contributed by atoms with E-state index in [-0.39, 0.29) is 0 Å². The van der Waals surface area contributed by atoms with Gasteiger partial charge >= 0.3 is 17.6 Å². The first-order valence-corrected chi connectivity index (χ1v) is 19.4. The Hall–Kier alpha value is -8.72. The molecule has 0 atom stereocenters. The van der Waals surface area contributed by atoms with Gasteiger partial charge in [0.25, 0.3) is 0 Å². The Morgan fingerprint density at radius 3 is 0.937 bits per heavy atom. The maximum atomic E-state index is 12.7. The van der Waals surface area contributed by atoms with Crippen LogP contribution in [0.1, 0.15) is 50.1 Å². The van der Waals surface area contributed by atoms with Gasteiger partial charge in [-0.2, -0.15) is 36.9 Å². The quantitative estimate of drug-likeness (QED) is 0.0557. The van der Waals surface area contributed by atoms with Crippen molar-refractivity contribution >= 4 is 11.4 Å². The van der Waals surface area contributed by atoms with Crippen LogP contribution in [0.25, 0.3) is 0 Å². The highest BCUT2D eigenvalue weighted by atomic mass is 19.4. The highest BCUT2D eigenvalue weighted by molar-refractivity contribution is 5.40. The second kappa shape index (κ2) is 27.0. The van der Waals surface area contributed by atoms with E-state index in [1.807, 2.05) is 0 Å². The molecule has 6 aromatic rings. The molecule has 426 valence electrons. The van der Waals surface area contributed by atoms with E-state index >= 15 is 0 Å². The normalized spacial score (nSPS) is 10.5. The van der Waals surface area contributed by atoms with Gasteiger partial charge in [-0.15, -0.1) is 0 Å². The fourth-order valence-electron chi connectivity index (χ4n) is 5.01. The molecule has 8 nitrogen and oxygen atoms in total. The van der Waals surface area contributed by atoms with Crippen LogP contribution in [0.15, 0.2) is 12.1 Å². The Kier molecular flexibility index (Phi) is 23.4. The number of nitriles is 2. The maximum Gasteiger partial charge on any atom is 0.422 e. The van der Waals surface area contributed by atoms with Crippen LogP contribution < -0.4 is 0 Å². The van der Waals surface area contributed by atoms with Crippen molar-refractivity contribution in [2.75, 3.05) is 0 Å². The zero-order chi connectivity index (χ0) is 62.1. The van der Waals surface area contributed by atoms with E-state index in [4.69, 9.17) is 10.5 Å². The minimum Gasteiger partial charge on any atom is -0.258 e. The third kappa shape index (κ3) is 14.9. The van der Waals surface area contributed by atoms with Crippen molar-refractivity contribution in [1.29, 1.82) is 10.5 Å². The van der Waals surface area contributed by atoms with Crippen LogP contribution in [0.2, 0.25) is 0 Å². The molecule has 0 amide bonds. The van der Waals surface area contributed by atoms with Crippen LogP contribution in [0.5, 0.6) is 0 Å². The molecule has 0 N–H and O–H groups in total. The first-order valence-electron chi connectivity index (χ1n) is 19.4. The zero-order valence-electron chi connectivity index (χ0n) is 38.9. The van der Waals surface area contributed by atoms with Gasteiger partial charge in [-0.1, -0.05) is 0 Å². The molecule has 0 unspecified atom stereocenters. The molecule has 6 rings (SSSR count). The summed E-state index contributed by atoms with van der Waals surface area (Å²) in [5.74, 6) is -40.1. The molecule has 0 aromatic heterocycles. The molecule has 0 saturated heterocycles. The van der Waals surface area contributed by atoms with Gasteiger partial charge < -0.3 is 0 Å². The molecule has 0 heterocycles. The fourth-order valence-corrected chi connectivity index (χ4v) is 5.01. The van der Waals surface area contributed by atoms with Crippen molar-refractivity contribution in [3.05, 3.63) is 216 Å². The van der Waals surface area contributed by atoms with E-state index < -0.39 is 211 Å². The van der Waals surface area contributed by atoms with Crippen LogP contribution in [-0.4, -0.2) is 9.85 Å². The Labute approximate surface area is 421 Å². The van der Waals surface area contributed by atoms with Gasteiger partial charge in [0.05, 0.1) is 21.5 Å². The lowest BCUT2D eigenvalue weighted by atomic mass is 10.1. The summed E-state index contributed by atoms with van der Waals surface area (Å²) in [6.07, 6.45) is -5.48. The molecule has 0 radical (unpaired) electrons. The number of nitro benzene ring substituents is 2. The van der Waals surface area contributed by atoms with E-state index in [2.05, 4.69) is 0 Å². The molecule has 79 heavy (non-hydrogen) atoms. The smallest absolute Gasteiger partial charge is 0.258 e. The second-order valence-corrected chi connectivity index (χ2v) is 14.5. The zero-order valence-corrected chi connectivity index (χ0v) is 38.9. The van der Waals surface area contributed by atoms with Crippen molar-refractivity contribution in [3.8, 4) is 12.1 Å². The fraction of sp³-hybridized carbons (Fsp3) is 0.156. The molecule has 34 heteroatoms. The summed E-state index contributed by atoms with van der Waals surface area (Å²) in [4.78, 5) is 17.4. The van der Waals surface area contributed by atoms with Gasteiger partial charge in [0.15, 0.2) is 98.9 Å². The lowest BCUT2D eigenvalue weighted by Crippen LogP contribution is -2.16. The van der Waals surface area contributed by atoms with Gasteiger partial charge in [-0.05, 0) is 47.6 Å². The van der Waals surface area contributed by atoms with Crippen LogP contribution >= 0.6 is 0 Å². The summed E-state index contributed by atoms with van der Waals surface area (Å²) in [6.45, 7) is 5.22. The summed E-state index contributed by atoms with van der Waals surface area (Å²) in [6, 6.07) is 3.42. The number of nitro groups is 2. The van der Waals surface area contributed by atoms with E-state index in [0.717, 1.165) is 40.7 Å². The molecule has 0 saturated carbocycles. The van der Waals surface area contributed by atoms with E-state index in [1.165, 1.54) is 6.07 Å². The van der Waals surface area contributed by atoms with Gasteiger partial charge in [0.2, 0.25) is 23.3 Å². The summed E-state index contributed by atoms with van der Waals surface area (Å²) >= 11 is 0. The summed E-state index contributed by atoms with van der Waals surface area (Å²) in [5, 5.41) is 36.5. The minimum absolute atomic E-state index is 0.355. The van der Waals surface area contributed by atoms with E-state index in [1.54, 1.807) is 0 Å². The second-order valence-electron chi connectivity index (χ2n) is 14.5. The SMILES string of the molecule is Cc1c(F)c(F)c(C#N)c(F)c1F.Cc1c(F)c(F)c(C(F)(F)F)c(F)c1F.Cc1c(F)c(F)c(F)c(F)c1F.Cc1c(F)c(F)c([N+](=O)[O-])c(F)c1F.Cc1c(F)cc(C#N)c(F)c1F.Cc1c(F)cc([N+](=O)[O-])c(F)c1F. The van der Waals surface area contributed by atoms with Crippen LogP contribution in [0.3, 0.4) is 0 Å². The van der Waals surface area contributed by atoms with Gasteiger partial charge in [0, 0.05) is 33.4 Å². The van der Waals surface area contributed by atoms with Crippen molar-refractivity contribution in [2.45, 2.75) is 47.7 Å². The van der Waals surface area contributed by atoms with Crippen molar-refractivity contribution in [2.24, 2.45) is 0 Å². The molecule has 0 fully saturated rings. The summed E-state index contributed by atoms with van der Waals surface area (Å²) in [5.41, 5.74) is -12.1. The Morgan fingerprint density at radius 1 is 0.354 bits per heavy atom. The average Bonchev–Trinajstić information content (AvgIpc) is 3.39. The van der Waals surface area contributed by atoms with Gasteiger partial charge in [0.1, 0.15) is 34.9 Å². The first kappa shape index (κ1) is 68.3. The number of nitrogens with zero attached hydrogens (tertiary/aromatic N) is 4. The van der Waals surface area contributed by atoms with Crippen molar-refractivity contribution in [1.82, 2.24) is 0 Å². The summed E-state index contributed by atoms with van der Waals surface area (Å²) < 4.78 is 326. The molecular formula is C45H20F26N4O4. The Bertz CT molecular complexity index is 3290. The lowest BCUT2D eigenvalue weighted by molar-refractivity contribution is -0.390.